The molecule has 3 rings (SSSR count). The van der Waals surface area contributed by atoms with Crippen molar-refractivity contribution in [2.24, 2.45) is 0 Å². The van der Waals surface area contributed by atoms with Gasteiger partial charge in [-0.1, -0.05) is 24.3 Å². The van der Waals surface area contributed by atoms with Crippen LogP contribution in [0.5, 0.6) is 11.5 Å². The Morgan fingerprint density at radius 3 is 2.54 bits per heavy atom. The van der Waals surface area contributed by atoms with Crippen molar-refractivity contribution in [3.05, 3.63) is 54.1 Å². The maximum Gasteiger partial charge on any atom is 0.261 e. The Bertz CT molecular complexity index is 943. The first-order valence-electron chi connectivity index (χ1n) is 8.97. The molecular formula is C20H24N2O5S. The van der Waals surface area contributed by atoms with Crippen molar-refractivity contribution in [1.82, 2.24) is 5.32 Å². The number of ether oxygens (including phenoxy) is 2. The number of hydrogen-bond donors (Lipinski definition) is 1. The van der Waals surface area contributed by atoms with Crippen LogP contribution in [0.4, 0.5) is 5.69 Å². The molecule has 1 amide bonds. The zero-order valence-corrected chi connectivity index (χ0v) is 16.9. The van der Waals surface area contributed by atoms with Crippen molar-refractivity contribution in [3.63, 3.8) is 0 Å². The summed E-state index contributed by atoms with van der Waals surface area (Å²) in [5, 5.41) is 2.94. The molecule has 0 saturated heterocycles. The number of benzene rings is 2. The summed E-state index contributed by atoms with van der Waals surface area (Å²) in [7, 11) is -1.88. The largest absolute Gasteiger partial charge is 0.497 e. The highest BCUT2D eigenvalue weighted by Gasteiger charge is 2.31. The van der Waals surface area contributed by atoms with Crippen LogP contribution in [-0.4, -0.2) is 40.3 Å². The second-order valence-corrected chi connectivity index (χ2v) is 8.61. The van der Waals surface area contributed by atoms with Gasteiger partial charge in [0.25, 0.3) is 5.91 Å². The van der Waals surface area contributed by atoms with E-state index in [1.807, 2.05) is 31.2 Å². The van der Waals surface area contributed by atoms with Gasteiger partial charge in [-0.3, -0.25) is 9.10 Å². The zero-order valence-electron chi connectivity index (χ0n) is 16.1. The van der Waals surface area contributed by atoms with E-state index in [-0.39, 0.29) is 24.9 Å². The summed E-state index contributed by atoms with van der Waals surface area (Å²) in [6.45, 7) is 2.05. The van der Waals surface area contributed by atoms with Crippen LogP contribution in [0.25, 0.3) is 0 Å². The van der Waals surface area contributed by atoms with Crippen molar-refractivity contribution < 1.29 is 22.7 Å². The van der Waals surface area contributed by atoms with Crippen LogP contribution in [0.15, 0.2) is 48.5 Å². The highest BCUT2D eigenvalue weighted by Crippen LogP contribution is 2.34. The maximum atomic E-state index is 12.8. The van der Waals surface area contributed by atoms with Gasteiger partial charge in [-0.15, -0.1) is 0 Å². The number of sulfonamides is 1. The minimum absolute atomic E-state index is 0.171. The third-order valence-corrected chi connectivity index (χ3v) is 5.84. The highest BCUT2D eigenvalue weighted by molar-refractivity contribution is 7.92. The summed E-state index contributed by atoms with van der Waals surface area (Å²) in [5.41, 5.74) is 1.38. The minimum Gasteiger partial charge on any atom is -0.497 e. The molecule has 0 saturated carbocycles. The van der Waals surface area contributed by atoms with Crippen molar-refractivity contribution in [2.75, 3.05) is 24.2 Å². The number of anilines is 1. The van der Waals surface area contributed by atoms with E-state index >= 15 is 0 Å². The zero-order chi connectivity index (χ0) is 20.3. The molecule has 0 aromatic heterocycles. The molecule has 2 atom stereocenters. The third-order valence-electron chi connectivity index (χ3n) is 4.66. The normalized spacial score (nSPS) is 17.7. The Labute approximate surface area is 165 Å². The van der Waals surface area contributed by atoms with E-state index < -0.39 is 16.1 Å². The Balaban J connectivity index is 1.76. The SMILES string of the molecule is COc1ccc([C@@H](C)NC(=O)[C@@H]2CCN(S(C)(=O)=O)c3ccccc3O2)cc1. The van der Waals surface area contributed by atoms with E-state index in [2.05, 4.69) is 5.32 Å². The van der Waals surface area contributed by atoms with Crippen LogP contribution in [0, 0.1) is 0 Å². The molecule has 0 unspecified atom stereocenters. The first-order chi connectivity index (χ1) is 13.3. The van der Waals surface area contributed by atoms with E-state index in [0.29, 0.717) is 11.4 Å². The van der Waals surface area contributed by atoms with Crippen LogP contribution in [0.1, 0.15) is 24.9 Å². The number of amides is 1. The van der Waals surface area contributed by atoms with Gasteiger partial charge in [0.2, 0.25) is 10.0 Å². The molecule has 0 spiro atoms. The molecule has 8 heteroatoms. The molecule has 1 aliphatic heterocycles. The molecule has 2 aromatic rings. The number of rotatable bonds is 5. The standard InChI is InChI=1S/C20H24N2O5S/c1-14(15-8-10-16(26-2)11-9-15)21-20(23)19-12-13-22(28(3,24)25)17-6-4-5-7-18(17)27-19/h4-11,14,19H,12-13H2,1-3H3,(H,21,23)/t14-,19+/m1/s1. The Kier molecular flexibility index (Phi) is 5.79. The summed E-state index contributed by atoms with van der Waals surface area (Å²) in [6.07, 6.45) is 0.618. The predicted octanol–water partition coefficient (Wildman–Crippen LogP) is 2.49. The molecule has 0 bridgehead atoms. The first-order valence-corrected chi connectivity index (χ1v) is 10.8. The van der Waals surface area contributed by atoms with Crippen LogP contribution in [-0.2, 0) is 14.8 Å². The van der Waals surface area contributed by atoms with Crippen LogP contribution >= 0.6 is 0 Å². The number of carbonyl (C=O) groups is 1. The molecule has 2 aromatic carbocycles. The average Bonchev–Trinajstić information content (AvgIpc) is 2.87. The van der Waals surface area contributed by atoms with E-state index in [4.69, 9.17) is 9.47 Å². The number of methoxy groups -OCH3 is 1. The van der Waals surface area contributed by atoms with Gasteiger partial charge in [0.1, 0.15) is 11.5 Å². The Morgan fingerprint density at radius 1 is 1.21 bits per heavy atom. The third kappa shape index (κ3) is 4.39. The van der Waals surface area contributed by atoms with Gasteiger partial charge in [-0.05, 0) is 36.8 Å². The summed E-state index contributed by atoms with van der Waals surface area (Å²) >= 11 is 0. The van der Waals surface area contributed by atoms with E-state index in [1.165, 1.54) is 4.31 Å². The fraction of sp³-hybridized carbons (Fsp3) is 0.350. The number of nitrogens with zero attached hydrogens (tertiary/aromatic N) is 1. The van der Waals surface area contributed by atoms with Gasteiger partial charge in [-0.2, -0.15) is 0 Å². The lowest BCUT2D eigenvalue weighted by Gasteiger charge is -2.20. The fourth-order valence-electron chi connectivity index (χ4n) is 3.14. The lowest BCUT2D eigenvalue weighted by Crippen LogP contribution is -2.40. The number of carbonyl (C=O) groups excluding carboxylic acids is 1. The van der Waals surface area contributed by atoms with Crippen molar-refractivity contribution in [2.45, 2.75) is 25.5 Å². The summed E-state index contributed by atoms with van der Waals surface area (Å²) in [4.78, 5) is 12.8. The number of hydrogen-bond acceptors (Lipinski definition) is 5. The summed E-state index contributed by atoms with van der Waals surface area (Å²) in [5.74, 6) is 0.836. The van der Waals surface area contributed by atoms with Crippen LogP contribution in [0.2, 0.25) is 0 Å². The monoisotopic (exact) mass is 404 g/mol. The second kappa shape index (κ2) is 8.10. The fourth-order valence-corrected chi connectivity index (χ4v) is 4.09. The molecule has 0 fully saturated rings. The van der Waals surface area contributed by atoms with Crippen LogP contribution in [0.3, 0.4) is 0 Å². The molecule has 150 valence electrons. The molecule has 7 nitrogen and oxygen atoms in total. The first kappa shape index (κ1) is 20.0. The van der Waals surface area contributed by atoms with E-state index in [9.17, 15) is 13.2 Å². The lowest BCUT2D eigenvalue weighted by atomic mass is 10.1. The number of nitrogens with one attached hydrogen (secondary N) is 1. The van der Waals surface area contributed by atoms with Gasteiger partial charge < -0.3 is 14.8 Å². The summed E-state index contributed by atoms with van der Waals surface area (Å²) < 4.78 is 36.6. The van der Waals surface area contributed by atoms with Crippen molar-refractivity contribution in [3.8, 4) is 11.5 Å². The van der Waals surface area contributed by atoms with Crippen molar-refractivity contribution >= 4 is 21.6 Å². The highest BCUT2D eigenvalue weighted by atomic mass is 32.2. The average molecular weight is 404 g/mol. The van der Waals surface area contributed by atoms with Crippen LogP contribution < -0.4 is 19.1 Å². The quantitative estimate of drug-likeness (QED) is 0.828. The molecular weight excluding hydrogens is 380 g/mol. The molecule has 0 aliphatic carbocycles. The van der Waals surface area contributed by atoms with E-state index in [0.717, 1.165) is 17.6 Å². The molecule has 1 aliphatic rings. The maximum absolute atomic E-state index is 12.8. The minimum atomic E-state index is -3.47. The number of para-hydroxylation sites is 2. The summed E-state index contributed by atoms with van der Waals surface area (Å²) in [6, 6.07) is 14.1. The molecule has 1 heterocycles. The predicted molar refractivity (Wildman–Crippen MR) is 107 cm³/mol. The second-order valence-electron chi connectivity index (χ2n) is 6.70. The van der Waals surface area contributed by atoms with Gasteiger partial charge >= 0.3 is 0 Å². The van der Waals surface area contributed by atoms with Gasteiger partial charge in [-0.25, -0.2) is 8.42 Å². The topological polar surface area (TPSA) is 84.9 Å². The van der Waals surface area contributed by atoms with Gasteiger partial charge in [0.05, 0.1) is 25.1 Å². The van der Waals surface area contributed by atoms with Gasteiger partial charge in [0, 0.05) is 13.0 Å². The number of fused-ring (bicyclic) bond motifs is 1. The van der Waals surface area contributed by atoms with E-state index in [1.54, 1.807) is 31.4 Å². The molecule has 0 radical (unpaired) electrons. The van der Waals surface area contributed by atoms with Crippen molar-refractivity contribution in [1.29, 1.82) is 0 Å². The molecule has 28 heavy (non-hydrogen) atoms. The Hall–Kier alpha value is -2.74. The molecule has 1 N–H and O–H groups in total. The smallest absolute Gasteiger partial charge is 0.261 e. The van der Waals surface area contributed by atoms with Gasteiger partial charge in [0.15, 0.2) is 6.10 Å². The lowest BCUT2D eigenvalue weighted by molar-refractivity contribution is -0.128. The Morgan fingerprint density at radius 2 is 1.89 bits per heavy atom.